The zero-order valence-corrected chi connectivity index (χ0v) is 8.84. The second-order valence-corrected chi connectivity index (χ2v) is 4.24. The van der Waals surface area contributed by atoms with E-state index in [1.165, 1.54) is 6.20 Å². The van der Waals surface area contributed by atoms with Crippen LogP contribution in [0, 0.1) is 0 Å². The van der Waals surface area contributed by atoms with Crippen molar-refractivity contribution in [2.24, 2.45) is 0 Å². The summed E-state index contributed by atoms with van der Waals surface area (Å²) >= 11 is 3.39. The third-order valence-electron chi connectivity index (χ3n) is 1.48. The first-order chi connectivity index (χ1) is 6.20. The molecule has 0 saturated carbocycles. The predicted molar refractivity (Wildman–Crippen MR) is 51.7 cm³/mol. The molecule has 1 rings (SSSR count). The number of carbonyl (C=O) groups is 1. The van der Waals surface area contributed by atoms with Gasteiger partial charge >= 0.3 is 0 Å². The summed E-state index contributed by atoms with van der Waals surface area (Å²) in [6, 6.07) is 0. The summed E-state index contributed by atoms with van der Waals surface area (Å²) in [5.74, 6) is -0.193. The second kappa shape index (κ2) is 4.96. The topological polar surface area (TPSA) is 70.7 Å². The second-order valence-electron chi connectivity index (χ2n) is 2.68. The van der Waals surface area contributed by atoms with E-state index >= 15 is 0 Å². The molecule has 72 valence electrons. The van der Waals surface area contributed by atoms with E-state index in [0.717, 1.165) is 6.42 Å². The molecule has 1 atom stereocenters. The lowest BCUT2D eigenvalue weighted by molar-refractivity contribution is 0.0948. The lowest BCUT2D eigenvalue weighted by atomic mass is 10.3. The molecule has 2 N–H and O–H groups in total. The average molecular weight is 247 g/mol. The van der Waals surface area contributed by atoms with Crippen LogP contribution in [0.4, 0.5) is 0 Å². The number of hydrogen-bond donors (Lipinski definition) is 2. The molecule has 0 aliphatic heterocycles. The third-order valence-corrected chi connectivity index (χ3v) is 1.93. The van der Waals surface area contributed by atoms with Gasteiger partial charge in [0.2, 0.25) is 0 Å². The molecule has 13 heavy (non-hydrogen) atoms. The highest BCUT2D eigenvalue weighted by Gasteiger charge is 2.07. The van der Waals surface area contributed by atoms with Crippen LogP contribution in [0.3, 0.4) is 0 Å². The summed E-state index contributed by atoms with van der Waals surface area (Å²) < 4.78 is 0. The third kappa shape index (κ3) is 3.54. The highest BCUT2D eigenvalue weighted by atomic mass is 79.9. The Morgan fingerprint density at radius 2 is 2.62 bits per heavy atom. The number of alkyl halides is 1. The molecule has 1 aromatic rings. The van der Waals surface area contributed by atoms with Crippen LogP contribution in [0.1, 0.15) is 23.8 Å². The maximum absolute atomic E-state index is 11.2. The number of hydrogen-bond acceptors (Lipinski definition) is 3. The van der Waals surface area contributed by atoms with E-state index in [9.17, 15) is 4.79 Å². The van der Waals surface area contributed by atoms with Gasteiger partial charge in [-0.25, -0.2) is 0 Å². The Kier molecular flexibility index (Phi) is 3.88. The number of nitrogens with zero attached hydrogens (tertiary/aromatic N) is 2. The largest absolute Gasteiger partial charge is 0.351 e. The van der Waals surface area contributed by atoms with Gasteiger partial charge in [0, 0.05) is 11.4 Å². The first-order valence-corrected chi connectivity index (χ1v) is 4.89. The normalized spacial score (nSPS) is 12.5. The van der Waals surface area contributed by atoms with Crippen molar-refractivity contribution in [3.8, 4) is 0 Å². The van der Waals surface area contributed by atoms with Gasteiger partial charge in [0.1, 0.15) is 0 Å². The van der Waals surface area contributed by atoms with Gasteiger partial charge in [-0.3, -0.25) is 4.79 Å². The van der Waals surface area contributed by atoms with Crippen LogP contribution in [0.25, 0.3) is 0 Å². The van der Waals surface area contributed by atoms with Crippen molar-refractivity contribution in [2.75, 3.05) is 6.54 Å². The van der Waals surface area contributed by atoms with Crippen LogP contribution < -0.4 is 5.32 Å². The molecule has 0 radical (unpaired) electrons. The highest BCUT2D eigenvalue weighted by Crippen LogP contribution is 2.01. The summed E-state index contributed by atoms with van der Waals surface area (Å²) in [5, 5.41) is 12.3. The highest BCUT2D eigenvalue weighted by molar-refractivity contribution is 9.09. The van der Waals surface area contributed by atoms with Crippen molar-refractivity contribution >= 4 is 21.8 Å². The summed E-state index contributed by atoms with van der Waals surface area (Å²) in [6.45, 7) is 2.67. The lowest BCUT2D eigenvalue weighted by Crippen LogP contribution is -2.25. The fourth-order valence-corrected chi connectivity index (χ4v) is 1.02. The molecule has 1 aromatic heterocycles. The number of nitrogens with one attached hydrogen (secondary N) is 2. The monoisotopic (exact) mass is 246 g/mol. The van der Waals surface area contributed by atoms with Crippen molar-refractivity contribution < 1.29 is 4.79 Å². The number of carbonyl (C=O) groups excluding carboxylic acids is 1. The van der Waals surface area contributed by atoms with Gasteiger partial charge in [-0.15, -0.1) is 0 Å². The van der Waals surface area contributed by atoms with E-state index in [0.29, 0.717) is 17.1 Å². The van der Waals surface area contributed by atoms with Crippen LogP contribution in [-0.2, 0) is 0 Å². The molecule has 0 aliphatic carbocycles. The van der Waals surface area contributed by atoms with Gasteiger partial charge in [-0.1, -0.05) is 22.9 Å². The predicted octanol–water partition coefficient (Wildman–Crippen LogP) is 0.708. The minimum absolute atomic E-state index is 0.193. The molecular formula is C7H11BrN4O. The number of aromatic nitrogens is 3. The summed E-state index contributed by atoms with van der Waals surface area (Å²) in [6.07, 6.45) is 2.29. The van der Waals surface area contributed by atoms with Crippen LogP contribution >= 0.6 is 15.9 Å². The molecular weight excluding hydrogens is 236 g/mol. The smallest absolute Gasteiger partial charge is 0.273 e. The van der Waals surface area contributed by atoms with E-state index in [2.05, 4.69) is 36.7 Å². The van der Waals surface area contributed by atoms with E-state index in [-0.39, 0.29) is 5.91 Å². The lowest BCUT2D eigenvalue weighted by Gasteiger charge is -2.03. The standard InChI is InChI=1S/C7H11BrN4O/c1-5(8)2-3-9-7(13)6-4-10-12-11-6/h4-5H,2-3H2,1H3,(H,9,13)(H,10,11,12). The summed E-state index contributed by atoms with van der Waals surface area (Å²) in [5.41, 5.74) is 0.322. The molecule has 6 heteroatoms. The Labute approximate surface area is 84.4 Å². The Morgan fingerprint density at radius 1 is 1.85 bits per heavy atom. The van der Waals surface area contributed by atoms with Gasteiger partial charge in [0.25, 0.3) is 5.91 Å². The van der Waals surface area contributed by atoms with Gasteiger partial charge in [0.05, 0.1) is 6.20 Å². The van der Waals surface area contributed by atoms with Crippen molar-refractivity contribution in [3.63, 3.8) is 0 Å². The minimum Gasteiger partial charge on any atom is -0.351 e. The molecule has 0 saturated heterocycles. The van der Waals surface area contributed by atoms with Gasteiger partial charge in [-0.2, -0.15) is 15.4 Å². The average Bonchev–Trinajstić information content (AvgIpc) is 2.55. The Morgan fingerprint density at radius 3 is 3.15 bits per heavy atom. The minimum atomic E-state index is -0.193. The molecule has 1 amide bonds. The Balaban J connectivity index is 2.27. The van der Waals surface area contributed by atoms with Crippen LogP contribution in [0.15, 0.2) is 6.20 Å². The van der Waals surface area contributed by atoms with Crippen molar-refractivity contribution in [3.05, 3.63) is 11.9 Å². The molecule has 0 fully saturated rings. The van der Waals surface area contributed by atoms with Crippen molar-refractivity contribution in [1.82, 2.24) is 20.7 Å². The van der Waals surface area contributed by atoms with Crippen molar-refractivity contribution in [2.45, 2.75) is 18.2 Å². The van der Waals surface area contributed by atoms with Gasteiger partial charge < -0.3 is 5.32 Å². The molecule has 1 unspecified atom stereocenters. The van der Waals surface area contributed by atoms with E-state index < -0.39 is 0 Å². The Bertz CT molecular complexity index is 259. The zero-order chi connectivity index (χ0) is 9.68. The summed E-state index contributed by atoms with van der Waals surface area (Å²) in [4.78, 5) is 11.6. The fraction of sp³-hybridized carbons (Fsp3) is 0.571. The molecule has 5 nitrogen and oxygen atoms in total. The SMILES string of the molecule is CC(Br)CCNC(=O)c1cn[nH]n1. The van der Waals surface area contributed by atoms with Crippen LogP contribution in [0.5, 0.6) is 0 Å². The quantitative estimate of drug-likeness (QED) is 0.769. The fourth-order valence-electron chi connectivity index (χ4n) is 0.786. The van der Waals surface area contributed by atoms with E-state index in [1.807, 2.05) is 6.92 Å². The molecule has 0 bridgehead atoms. The number of H-pyrrole nitrogens is 1. The summed E-state index contributed by atoms with van der Waals surface area (Å²) in [7, 11) is 0. The van der Waals surface area contributed by atoms with Crippen molar-refractivity contribution in [1.29, 1.82) is 0 Å². The maximum atomic E-state index is 11.2. The van der Waals surface area contributed by atoms with Gasteiger partial charge in [-0.05, 0) is 6.42 Å². The first kappa shape index (κ1) is 10.2. The first-order valence-electron chi connectivity index (χ1n) is 3.98. The van der Waals surface area contributed by atoms with E-state index in [1.54, 1.807) is 0 Å². The molecule has 1 heterocycles. The number of rotatable bonds is 4. The number of aromatic amines is 1. The van der Waals surface area contributed by atoms with Crippen LogP contribution in [0.2, 0.25) is 0 Å². The maximum Gasteiger partial charge on any atom is 0.273 e. The number of halogens is 1. The molecule has 0 aliphatic rings. The molecule has 0 aromatic carbocycles. The Hall–Kier alpha value is -0.910. The van der Waals surface area contributed by atoms with E-state index in [4.69, 9.17) is 0 Å². The van der Waals surface area contributed by atoms with Gasteiger partial charge in [0.15, 0.2) is 5.69 Å². The molecule has 0 spiro atoms. The van der Waals surface area contributed by atoms with Crippen LogP contribution in [-0.4, -0.2) is 32.7 Å². The number of amides is 1. The zero-order valence-electron chi connectivity index (χ0n) is 7.25.